The highest BCUT2D eigenvalue weighted by Gasteiger charge is 2.22. The van der Waals surface area contributed by atoms with E-state index in [0.717, 1.165) is 29.7 Å². The van der Waals surface area contributed by atoms with Gasteiger partial charge in [0.05, 0.1) is 16.7 Å². The molecule has 6 heteroatoms. The summed E-state index contributed by atoms with van der Waals surface area (Å²) in [5, 5.41) is 6.85. The molecular weight excluding hydrogens is 304 g/mol. The molecule has 0 spiro atoms. The van der Waals surface area contributed by atoms with Crippen LogP contribution < -0.4 is 5.32 Å². The summed E-state index contributed by atoms with van der Waals surface area (Å²) in [7, 11) is 0. The number of para-hydroxylation sites is 2. The molecule has 3 aromatic rings. The Kier molecular flexibility index (Phi) is 4.64. The smallest absolute Gasteiger partial charge is 0.256 e. The molecule has 0 bridgehead atoms. The molecule has 2 N–H and O–H groups in total. The highest BCUT2D eigenvalue weighted by Crippen LogP contribution is 2.22. The van der Waals surface area contributed by atoms with Crippen LogP contribution in [0.15, 0.2) is 28.8 Å². The number of aryl methyl sites for hydroxylation is 2. The van der Waals surface area contributed by atoms with Crippen molar-refractivity contribution in [1.29, 1.82) is 0 Å². The summed E-state index contributed by atoms with van der Waals surface area (Å²) >= 11 is 0. The minimum Gasteiger partial charge on any atom is -0.360 e. The van der Waals surface area contributed by atoms with Gasteiger partial charge >= 0.3 is 0 Å². The molecule has 0 unspecified atom stereocenters. The molecule has 0 aliphatic rings. The highest BCUT2D eigenvalue weighted by molar-refractivity contribution is 5.96. The van der Waals surface area contributed by atoms with Gasteiger partial charge in [-0.25, -0.2) is 4.98 Å². The number of benzene rings is 1. The number of H-pyrrole nitrogens is 1. The molecular formula is C18H22N4O2. The van der Waals surface area contributed by atoms with Crippen molar-refractivity contribution in [1.82, 2.24) is 20.4 Å². The zero-order chi connectivity index (χ0) is 17.1. The Morgan fingerprint density at radius 2 is 2.12 bits per heavy atom. The monoisotopic (exact) mass is 326 g/mol. The van der Waals surface area contributed by atoms with Gasteiger partial charge in [-0.1, -0.05) is 31.1 Å². The van der Waals surface area contributed by atoms with Crippen molar-refractivity contribution in [2.75, 3.05) is 6.54 Å². The summed E-state index contributed by atoms with van der Waals surface area (Å²) in [6.45, 7) is 6.34. The van der Waals surface area contributed by atoms with Gasteiger partial charge in [-0.15, -0.1) is 0 Å². The molecule has 2 heterocycles. The summed E-state index contributed by atoms with van der Waals surface area (Å²) in [5.41, 5.74) is 3.21. The van der Waals surface area contributed by atoms with Crippen molar-refractivity contribution in [3.05, 3.63) is 47.1 Å². The summed E-state index contributed by atoms with van der Waals surface area (Å²) in [5.74, 6) is 1.58. The SMILES string of the molecule is Cc1noc(C(C)C)c1C(=O)NCCCc1nc2ccccc2[nH]1. The topological polar surface area (TPSA) is 83.8 Å². The second-order valence-corrected chi connectivity index (χ2v) is 6.22. The molecule has 3 rings (SSSR count). The molecule has 1 amide bonds. The van der Waals surface area contributed by atoms with Crippen LogP contribution in [0.2, 0.25) is 0 Å². The van der Waals surface area contributed by atoms with E-state index in [-0.39, 0.29) is 11.8 Å². The molecule has 2 aromatic heterocycles. The summed E-state index contributed by atoms with van der Waals surface area (Å²) in [6, 6.07) is 7.95. The van der Waals surface area contributed by atoms with Crippen LogP contribution in [-0.2, 0) is 6.42 Å². The number of hydrogen-bond donors (Lipinski definition) is 2. The lowest BCUT2D eigenvalue weighted by Crippen LogP contribution is -2.26. The van der Waals surface area contributed by atoms with Crippen LogP contribution in [0.5, 0.6) is 0 Å². The number of carbonyl (C=O) groups is 1. The molecule has 0 saturated carbocycles. The van der Waals surface area contributed by atoms with Gasteiger partial charge in [0.1, 0.15) is 11.4 Å². The van der Waals surface area contributed by atoms with E-state index in [1.54, 1.807) is 6.92 Å². The van der Waals surface area contributed by atoms with Crippen LogP contribution in [0.4, 0.5) is 0 Å². The van der Waals surface area contributed by atoms with Crippen LogP contribution >= 0.6 is 0 Å². The lowest BCUT2D eigenvalue weighted by Gasteiger charge is -2.06. The van der Waals surface area contributed by atoms with Gasteiger partial charge in [-0.05, 0) is 25.5 Å². The zero-order valence-corrected chi connectivity index (χ0v) is 14.2. The predicted octanol–water partition coefficient (Wildman–Crippen LogP) is 3.35. The van der Waals surface area contributed by atoms with E-state index in [9.17, 15) is 4.79 Å². The van der Waals surface area contributed by atoms with E-state index in [1.807, 2.05) is 38.1 Å². The molecule has 0 aliphatic heterocycles. The lowest BCUT2D eigenvalue weighted by atomic mass is 10.0. The first-order valence-corrected chi connectivity index (χ1v) is 8.24. The Hall–Kier alpha value is -2.63. The van der Waals surface area contributed by atoms with Gasteiger partial charge in [0, 0.05) is 18.9 Å². The Bertz CT molecular complexity index is 815. The fraction of sp³-hybridized carbons (Fsp3) is 0.389. The van der Waals surface area contributed by atoms with Crippen LogP contribution in [0.1, 0.15) is 53.8 Å². The van der Waals surface area contributed by atoms with Crippen molar-refractivity contribution in [2.45, 2.75) is 39.5 Å². The number of aromatic amines is 1. The molecule has 1 aromatic carbocycles. The van der Waals surface area contributed by atoms with E-state index in [4.69, 9.17) is 4.52 Å². The molecule has 0 radical (unpaired) electrons. The van der Waals surface area contributed by atoms with Crippen molar-refractivity contribution < 1.29 is 9.32 Å². The van der Waals surface area contributed by atoms with Gasteiger partial charge in [-0.3, -0.25) is 4.79 Å². The number of hydrogen-bond acceptors (Lipinski definition) is 4. The van der Waals surface area contributed by atoms with Crippen LogP contribution in [0.25, 0.3) is 11.0 Å². The average Bonchev–Trinajstić information content (AvgIpc) is 3.14. The Morgan fingerprint density at radius 3 is 2.88 bits per heavy atom. The Balaban J connectivity index is 1.55. The van der Waals surface area contributed by atoms with Crippen LogP contribution in [0.3, 0.4) is 0 Å². The van der Waals surface area contributed by atoms with Gasteiger partial charge < -0.3 is 14.8 Å². The van der Waals surface area contributed by atoms with E-state index < -0.39 is 0 Å². The normalized spacial score (nSPS) is 11.3. The van der Waals surface area contributed by atoms with Gasteiger partial charge in [0.15, 0.2) is 5.76 Å². The molecule has 126 valence electrons. The minimum atomic E-state index is -0.123. The summed E-state index contributed by atoms with van der Waals surface area (Å²) < 4.78 is 5.26. The molecule has 6 nitrogen and oxygen atoms in total. The van der Waals surface area contributed by atoms with E-state index in [0.29, 0.717) is 23.6 Å². The number of fused-ring (bicyclic) bond motifs is 1. The van der Waals surface area contributed by atoms with Crippen LogP contribution in [-0.4, -0.2) is 27.6 Å². The Labute approximate surface area is 140 Å². The van der Waals surface area contributed by atoms with Gasteiger partial charge in [0.25, 0.3) is 5.91 Å². The maximum absolute atomic E-state index is 12.4. The number of amides is 1. The average molecular weight is 326 g/mol. The van der Waals surface area contributed by atoms with Crippen molar-refractivity contribution in [3.63, 3.8) is 0 Å². The third kappa shape index (κ3) is 3.32. The number of aromatic nitrogens is 3. The fourth-order valence-electron chi connectivity index (χ4n) is 2.73. The number of carbonyl (C=O) groups excluding carboxylic acids is 1. The molecule has 0 aliphatic carbocycles. The molecule has 0 atom stereocenters. The van der Waals surface area contributed by atoms with Crippen molar-refractivity contribution in [2.24, 2.45) is 0 Å². The number of nitrogens with zero attached hydrogens (tertiary/aromatic N) is 2. The molecule has 0 fully saturated rings. The van der Waals surface area contributed by atoms with Crippen LogP contribution in [0, 0.1) is 6.92 Å². The highest BCUT2D eigenvalue weighted by atomic mass is 16.5. The number of rotatable bonds is 6. The van der Waals surface area contributed by atoms with Crippen molar-refractivity contribution in [3.8, 4) is 0 Å². The number of nitrogens with one attached hydrogen (secondary N) is 2. The quantitative estimate of drug-likeness (QED) is 0.680. The zero-order valence-electron chi connectivity index (χ0n) is 14.2. The summed E-state index contributed by atoms with van der Waals surface area (Å²) in [6.07, 6.45) is 1.60. The first-order valence-electron chi connectivity index (χ1n) is 8.24. The van der Waals surface area contributed by atoms with Gasteiger partial charge in [-0.2, -0.15) is 0 Å². The minimum absolute atomic E-state index is 0.123. The first-order chi connectivity index (χ1) is 11.6. The molecule has 0 saturated heterocycles. The van der Waals surface area contributed by atoms with E-state index in [2.05, 4.69) is 20.4 Å². The van der Waals surface area contributed by atoms with E-state index >= 15 is 0 Å². The van der Waals surface area contributed by atoms with Crippen molar-refractivity contribution >= 4 is 16.9 Å². The van der Waals surface area contributed by atoms with E-state index in [1.165, 1.54) is 0 Å². The third-order valence-corrected chi connectivity index (χ3v) is 3.95. The third-order valence-electron chi connectivity index (χ3n) is 3.95. The van der Waals surface area contributed by atoms with Gasteiger partial charge in [0.2, 0.25) is 0 Å². The largest absolute Gasteiger partial charge is 0.360 e. The lowest BCUT2D eigenvalue weighted by molar-refractivity contribution is 0.0950. The summed E-state index contributed by atoms with van der Waals surface area (Å²) in [4.78, 5) is 20.2. The maximum atomic E-state index is 12.4. The number of imidazole rings is 1. The maximum Gasteiger partial charge on any atom is 0.256 e. The fourth-order valence-corrected chi connectivity index (χ4v) is 2.73. The second-order valence-electron chi connectivity index (χ2n) is 6.22. The standard InChI is InChI=1S/C18H22N4O2/c1-11(2)17-16(12(3)22-24-17)18(23)19-10-6-9-15-20-13-7-4-5-8-14(13)21-15/h4-5,7-8,11H,6,9-10H2,1-3H3,(H,19,23)(H,20,21). The predicted molar refractivity (Wildman–Crippen MR) is 92.1 cm³/mol. The molecule has 24 heavy (non-hydrogen) atoms. The Morgan fingerprint density at radius 1 is 1.33 bits per heavy atom. The first kappa shape index (κ1) is 16.2. The second kappa shape index (κ2) is 6.86.